The van der Waals surface area contributed by atoms with E-state index < -0.39 is 5.97 Å². The highest BCUT2D eigenvalue weighted by Crippen LogP contribution is 2.03. The molecule has 2 rings (SSSR count). The number of hydrogen-bond acceptors (Lipinski definition) is 5. The lowest BCUT2D eigenvalue weighted by Gasteiger charge is -2.04. The highest BCUT2D eigenvalue weighted by molar-refractivity contribution is 5.85. The smallest absolute Gasteiger partial charge is 0.354 e. The van der Waals surface area contributed by atoms with Crippen LogP contribution < -0.4 is 5.32 Å². The fourth-order valence-corrected chi connectivity index (χ4v) is 1.29. The molecule has 2 aromatic heterocycles. The fraction of sp³-hybridized carbons (Fsp3) is 0.200. The van der Waals surface area contributed by atoms with Gasteiger partial charge in [-0.1, -0.05) is 0 Å². The molecule has 0 aliphatic rings. The molecule has 0 unspecified atom stereocenters. The summed E-state index contributed by atoms with van der Waals surface area (Å²) < 4.78 is 1.86. The van der Waals surface area contributed by atoms with Crippen molar-refractivity contribution in [3.63, 3.8) is 0 Å². The minimum atomic E-state index is -1.08. The van der Waals surface area contributed by atoms with E-state index in [4.69, 9.17) is 5.11 Å². The van der Waals surface area contributed by atoms with E-state index in [-0.39, 0.29) is 11.6 Å². The Labute approximate surface area is 97.2 Å². The largest absolute Gasteiger partial charge is 0.477 e. The van der Waals surface area contributed by atoms with Crippen LogP contribution in [0.15, 0.2) is 24.7 Å². The number of nitrogens with zero attached hydrogens (tertiary/aromatic N) is 4. The summed E-state index contributed by atoms with van der Waals surface area (Å²) in [5.41, 5.74) is -0.0395. The van der Waals surface area contributed by atoms with E-state index in [1.165, 1.54) is 12.3 Å². The number of anilines is 1. The van der Waals surface area contributed by atoms with Crippen molar-refractivity contribution in [3.8, 4) is 0 Å². The van der Waals surface area contributed by atoms with Gasteiger partial charge in [0, 0.05) is 25.6 Å². The van der Waals surface area contributed by atoms with Crippen LogP contribution >= 0.6 is 0 Å². The number of rotatable bonds is 4. The Kier molecular flexibility index (Phi) is 2.99. The summed E-state index contributed by atoms with van der Waals surface area (Å²) >= 11 is 0. The predicted octanol–water partition coefficient (Wildman–Crippen LogP) is 0.520. The SMILES string of the molecule is Cn1ccnc1CNc1nccc(C(=O)O)n1. The van der Waals surface area contributed by atoms with Crippen LogP contribution in [-0.2, 0) is 13.6 Å². The van der Waals surface area contributed by atoms with Crippen LogP contribution in [-0.4, -0.2) is 30.6 Å². The third kappa shape index (κ3) is 2.57. The van der Waals surface area contributed by atoms with Crippen LogP contribution in [0.2, 0.25) is 0 Å². The first-order chi connectivity index (χ1) is 8.16. The lowest BCUT2D eigenvalue weighted by atomic mass is 10.4. The first-order valence-corrected chi connectivity index (χ1v) is 4.93. The average molecular weight is 233 g/mol. The minimum absolute atomic E-state index is 0.0395. The monoisotopic (exact) mass is 233 g/mol. The molecule has 0 aliphatic carbocycles. The first-order valence-electron chi connectivity index (χ1n) is 4.93. The Morgan fingerprint density at radius 1 is 1.47 bits per heavy atom. The molecule has 0 spiro atoms. The van der Waals surface area contributed by atoms with Gasteiger partial charge in [0.2, 0.25) is 5.95 Å². The molecule has 0 aliphatic heterocycles. The molecule has 2 N–H and O–H groups in total. The third-order valence-corrected chi connectivity index (χ3v) is 2.20. The molecule has 0 bridgehead atoms. The fourth-order valence-electron chi connectivity index (χ4n) is 1.29. The van der Waals surface area contributed by atoms with E-state index in [1.54, 1.807) is 6.20 Å². The number of carboxylic acids is 1. The van der Waals surface area contributed by atoms with Crippen LogP contribution in [0.25, 0.3) is 0 Å². The van der Waals surface area contributed by atoms with Gasteiger partial charge in [-0.15, -0.1) is 0 Å². The molecule has 0 radical (unpaired) electrons. The van der Waals surface area contributed by atoms with Crippen molar-refractivity contribution in [2.75, 3.05) is 5.32 Å². The van der Waals surface area contributed by atoms with E-state index in [0.29, 0.717) is 6.54 Å². The highest BCUT2D eigenvalue weighted by atomic mass is 16.4. The topological polar surface area (TPSA) is 92.9 Å². The van der Waals surface area contributed by atoms with Crippen LogP contribution in [0.3, 0.4) is 0 Å². The van der Waals surface area contributed by atoms with Crippen molar-refractivity contribution >= 4 is 11.9 Å². The zero-order chi connectivity index (χ0) is 12.3. The molecular formula is C10H11N5O2. The van der Waals surface area contributed by atoms with Crippen molar-refractivity contribution in [1.29, 1.82) is 0 Å². The Balaban J connectivity index is 2.07. The predicted molar refractivity (Wildman–Crippen MR) is 59.5 cm³/mol. The minimum Gasteiger partial charge on any atom is -0.477 e. The van der Waals surface area contributed by atoms with E-state index in [1.807, 2.05) is 17.8 Å². The molecule has 88 valence electrons. The molecule has 0 saturated heterocycles. The van der Waals surface area contributed by atoms with Crippen molar-refractivity contribution in [3.05, 3.63) is 36.2 Å². The molecule has 0 fully saturated rings. The summed E-state index contributed by atoms with van der Waals surface area (Å²) in [5.74, 6) is 0.00895. The van der Waals surface area contributed by atoms with Gasteiger partial charge in [-0.25, -0.2) is 19.7 Å². The van der Waals surface area contributed by atoms with Gasteiger partial charge < -0.3 is 15.0 Å². The van der Waals surface area contributed by atoms with Crippen LogP contribution in [0.4, 0.5) is 5.95 Å². The molecule has 17 heavy (non-hydrogen) atoms. The number of aromatic carboxylic acids is 1. The third-order valence-electron chi connectivity index (χ3n) is 2.20. The highest BCUT2D eigenvalue weighted by Gasteiger charge is 2.06. The van der Waals surface area contributed by atoms with Crippen molar-refractivity contribution in [2.24, 2.45) is 7.05 Å². The van der Waals surface area contributed by atoms with Gasteiger partial charge in [-0.3, -0.25) is 0 Å². The maximum Gasteiger partial charge on any atom is 0.354 e. The summed E-state index contributed by atoms with van der Waals surface area (Å²) in [6, 6.07) is 1.34. The second-order valence-corrected chi connectivity index (χ2v) is 3.38. The molecule has 2 heterocycles. The van der Waals surface area contributed by atoms with E-state index >= 15 is 0 Å². The second kappa shape index (κ2) is 4.60. The molecule has 7 heteroatoms. The molecule has 0 amide bonds. The number of imidazole rings is 1. The van der Waals surface area contributed by atoms with E-state index in [0.717, 1.165) is 5.82 Å². The first kappa shape index (κ1) is 11.1. The van der Waals surface area contributed by atoms with Crippen LogP contribution in [0.1, 0.15) is 16.3 Å². The molecule has 0 saturated carbocycles. The summed E-state index contributed by atoms with van der Waals surface area (Å²) in [6.45, 7) is 0.437. The number of carbonyl (C=O) groups is 1. The molecule has 0 aromatic carbocycles. The summed E-state index contributed by atoms with van der Waals surface area (Å²) in [7, 11) is 1.87. The van der Waals surface area contributed by atoms with Gasteiger partial charge in [0.15, 0.2) is 5.69 Å². The second-order valence-electron chi connectivity index (χ2n) is 3.38. The lowest BCUT2D eigenvalue weighted by molar-refractivity contribution is 0.0690. The quantitative estimate of drug-likeness (QED) is 0.799. The standard InChI is InChI=1S/C10H11N5O2/c1-15-5-4-11-8(15)6-13-10-12-3-2-7(14-10)9(16)17/h2-5H,6H2,1H3,(H,16,17)(H,12,13,14). The summed E-state index contributed by atoms with van der Waals surface area (Å²) in [5, 5.41) is 11.7. The molecular weight excluding hydrogens is 222 g/mol. The number of aryl methyl sites for hydroxylation is 1. The van der Waals surface area contributed by atoms with Crippen molar-refractivity contribution < 1.29 is 9.90 Å². The normalized spacial score (nSPS) is 10.2. The number of hydrogen-bond donors (Lipinski definition) is 2. The number of aromatic nitrogens is 4. The Hall–Kier alpha value is -2.44. The van der Waals surface area contributed by atoms with Crippen molar-refractivity contribution in [2.45, 2.75) is 6.54 Å². The van der Waals surface area contributed by atoms with Gasteiger partial charge in [0.25, 0.3) is 0 Å². The van der Waals surface area contributed by atoms with Crippen LogP contribution in [0, 0.1) is 0 Å². The van der Waals surface area contributed by atoms with Gasteiger partial charge in [0.1, 0.15) is 5.82 Å². The maximum absolute atomic E-state index is 10.7. The van der Waals surface area contributed by atoms with Gasteiger partial charge >= 0.3 is 5.97 Å². The zero-order valence-corrected chi connectivity index (χ0v) is 9.16. The van der Waals surface area contributed by atoms with E-state index in [9.17, 15) is 4.79 Å². The number of carboxylic acid groups (broad SMARTS) is 1. The average Bonchev–Trinajstić information content (AvgIpc) is 2.72. The zero-order valence-electron chi connectivity index (χ0n) is 9.16. The van der Waals surface area contributed by atoms with E-state index in [2.05, 4.69) is 20.3 Å². The van der Waals surface area contributed by atoms with Gasteiger partial charge in [0.05, 0.1) is 6.54 Å². The summed E-state index contributed by atoms with van der Waals surface area (Å²) in [6.07, 6.45) is 4.91. The van der Waals surface area contributed by atoms with Crippen molar-refractivity contribution in [1.82, 2.24) is 19.5 Å². The Morgan fingerprint density at radius 3 is 2.94 bits per heavy atom. The molecule has 7 nitrogen and oxygen atoms in total. The molecule has 0 atom stereocenters. The number of nitrogens with one attached hydrogen (secondary N) is 1. The van der Waals surface area contributed by atoms with Gasteiger partial charge in [-0.05, 0) is 6.07 Å². The Morgan fingerprint density at radius 2 is 2.29 bits per heavy atom. The maximum atomic E-state index is 10.7. The summed E-state index contributed by atoms with van der Waals surface area (Å²) in [4.78, 5) is 22.6. The van der Waals surface area contributed by atoms with Crippen LogP contribution in [0.5, 0.6) is 0 Å². The van der Waals surface area contributed by atoms with Gasteiger partial charge in [-0.2, -0.15) is 0 Å². The molecule has 2 aromatic rings. The Bertz CT molecular complexity index is 537. The lowest BCUT2D eigenvalue weighted by Crippen LogP contribution is -2.10.